The van der Waals surface area contributed by atoms with Crippen LogP contribution in [0.2, 0.25) is 0 Å². The number of hydrogen-bond donors (Lipinski definition) is 1. The average Bonchev–Trinajstić information content (AvgIpc) is 2.81. The molecule has 158 valence electrons. The molecule has 0 aromatic carbocycles. The van der Waals surface area contributed by atoms with Gasteiger partial charge in [0.05, 0.1) is 16.4 Å². The molecular formula is C23H29N5OS. The highest BCUT2D eigenvalue weighted by atomic mass is 32.2. The fraction of sp³-hybridized carbons (Fsp3) is 0.391. The first-order chi connectivity index (χ1) is 14.6. The number of nitrogens with two attached hydrogens (primary N) is 1. The van der Waals surface area contributed by atoms with E-state index >= 15 is 0 Å². The number of carbonyl (C=O) groups is 1. The monoisotopic (exact) mass is 423 g/mol. The van der Waals surface area contributed by atoms with E-state index in [9.17, 15) is 15.3 Å². The maximum absolute atomic E-state index is 11.7. The van der Waals surface area contributed by atoms with Gasteiger partial charge in [-0.25, -0.2) is 4.98 Å². The van der Waals surface area contributed by atoms with Gasteiger partial charge in [0.1, 0.15) is 29.3 Å². The van der Waals surface area contributed by atoms with Gasteiger partial charge in [-0.1, -0.05) is 50.1 Å². The Morgan fingerprint density at radius 2 is 1.87 bits per heavy atom. The third kappa shape index (κ3) is 5.82. The van der Waals surface area contributed by atoms with Crippen LogP contribution in [0.5, 0.6) is 0 Å². The number of hydrogen-bond acceptors (Lipinski definition) is 7. The number of allylic oxidation sites excluding steroid dienone is 3. The van der Waals surface area contributed by atoms with Crippen molar-refractivity contribution < 1.29 is 4.79 Å². The number of thioether (sulfide) groups is 1. The molecule has 2 N–H and O–H groups in total. The molecule has 2 rings (SSSR count). The lowest BCUT2D eigenvalue weighted by molar-refractivity contribution is -0.106. The van der Waals surface area contributed by atoms with E-state index < -0.39 is 5.25 Å². The molecule has 2 heterocycles. The Hall–Kier alpha value is -2.87. The molecule has 1 aliphatic heterocycles. The molecule has 0 radical (unpaired) electrons. The van der Waals surface area contributed by atoms with Crippen LogP contribution in [0.3, 0.4) is 0 Å². The molecule has 1 fully saturated rings. The van der Waals surface area contributed by atoms with Gasteiger partial charge < -0.3 is 15.4 Å². The summed E-state index contributed by atoms with van der Waals surface area (Å²) in [5.41, 5.74) is 6.74. The molecule has 1 aliphatic rings. The standard InChI is InChI=1S/C22H24N4OS.CH5N/c1-4-10-16(5-2)20(15-27)28-22-19(14-24)17(6-3)18(13-23)21(25-22)26-11-8-7-9-12-26;1-2/h4-5,10,15,20H,1-2,6-9,11-12H2,3H3;2H2,1H3/b16-10+;. The Kier molecular flexibility index (Phi) is 11.2. The molecule has 0 bridgehead atoms. The van der Waals surface area contributed by atoms with Gasteiger partial charge >= 0.3 is 0 Å². The fourth-order valence-corrected chi connectivity index (χ4v) is 4.35. The zero-order valence-electron chi connectivity index (χ0n) is 17.7. The highest BCUT2D eigenvalue weighted by Gasteiger charge is 2.25. The number of aldehydes is 1. The van der Waals surface area contributed by atoms with Crippen molar-refractivity contribution in [2.75, 3.05) is 25.0 Å². The van der Waals surface area contributed by atoms with Crippen LogP contribution < -0.4 is 10.6 Å². The van der Waals surface area contributed by atoms with Crippen LogP contribution >= 0.6 is 11.8 Å². The largest absolute Gasteiger partial charge is 0.355 e. The topological polar surface area (TPSA) is 107 Å². The SMILES string of the molecule is C=C/C=C(\C=C)C(C=O)Sc1nc(N2CCCCC2)c(C#N)c(CC)c1C#N.CN. The van der Waals surface area contributed by atoms with Gasteiger partial charge in [0, 0.05) is 13.1 Å². The van der Waals surface area contributed by atoms with Crippen molar-refractivity contribution in [1.29, 1.82) is 10.5 Å². The molecule has 0 amide bonds. The second-order valence-corrected chi connectivity index (χ2v) is 7.51. The number of piperidine rings is 1. The summed E-state index contributed by atoms with van der Waals surface area (Å²) in [7, 11) is 1.50. The number of anilines is 1. The number of carbonyl (C=O) groups excluding carboxylic acids is 1. The number of nitriles is 2. The van der Waals surface area contributed by atoms with Crippen molar-refractivity contribution in [2.45, 2.75) is 42.9 Å². The molecule has 6 nitrogen and oxygen atoms in total. The molecular weight excluding hydrogens is 394 g/mol. The zero-order chi connectivity index (χ0) is 22.5. The van der Waals surface area contributed by atoms with Crippen molar-refractivity contribution in [2.24, 2.45) is 5.73 Å². The molecule has 0 aliphatic carbocycles. The van der Waals surface area contributed by atoms with Crippen molar-refractivity contribution in [3.8, 4) is 12.1 Å². The summed E-state index contributed by atoms with van der Waals surface area (Å²) in [5.74, 6) is 0.623. The maximum atomic E-state index is 11.7. The minimum absolute atomic E-state index is 0.374. The Bertz CT molecular complexity index is 873. The summed E-state index contributed by atoms with van der Waals surface area (Å²) < 4.78 is 0. The predicted molar refractivity (Wildman–Crippen MR) is 123 cm³/mol. The van der Waals surface area contributed by atoms with Gasteiger partial charge in [-0.3, -0.25) is 0 Å². The number of rotatable bonds is 8. The first-order valence-corrected chi connectivity index (χ1v) is 10.8. The molecule has 30 heavy (non-hydrogen) atoms. The Morgan fingerprint density at radius 3 is 2.33 bits per heavy atom. The Balaban J connectivity index is 0.00000218. The summed E-state index contributed by atoms with van der Waals surface area (Å²) in [6, 6.07) is 4.47. The Morgan fingerprint density at radius 1 is 1.23 bits per heavy atom. The second kappa shape index (κ2) is 13.4. The minimum Gasteiger partial charge on any atom is -0.355 e. The number of aromatic nitrogens is 1. The Labute approximate surface area is 183 Å². The van der Waals surface area contributed by atoms with E-state index in [1.54, 1.807) is 18.2 Å². The molecule has 1 unspecified atom stereocenters. The van der Waals surface area contributed by atoms with E-state index in [1.807, 2.05) is 6.92 Å². The summed E-state index contributed by atoms with van der Waals surface area (Å²) in [6.07, 6.45) is 9.56. The van der Waals surface area contributed by atoms with Gasteiger partial charge in [0.2, 0.25) is 0 Å². The highest BCUT2D eigenvalue weighted by Crippen LogP contribution is 2.36. The summed E-state index contributed by atoms with van der Waals surface area (Å²) in [6.45, 7) is 11.0. The summed E-state index contributed by atoms with van der Waals surface area (Å²) in [5, 5.41) is 19.5. The molecule has 7 heteroatoms. The molecule has 1 atom stereocenters. The van der Waals surface area contributed by atoms with Crippen molar-refractivity contribution >= 4 is 23.9 Å². The molecule has 1 aromatic heterocycles. The average molecular weight is 424 g/mol. The van der Waals surface area contributed by atoms with Gasteiger partial charge in [-0.15, -0.1) is 0 Å². The smallest absolute Gasteiger partial charge is 0.148 e. The quantitative estimate of drug-likeness (QED) is 0.384. The van der Waals surface area contributed by atoms with Crippen LogP contribution in [0, 0.1) is 22.7 Å². The van der Waals surface area contributed by atoms with E-state index in [1.165, 1.54) is 25.2 Å². The van der Waals surface area contributed by atoms with Gasteiger partial charge in [-0.2, -0.15) is 10.5 Å². The molecule has 0 saturated carbocycles. The molecule has 0 spiro atoms. The van der Waals surface area contributed by atoms with E-state index in [4.69, 9.17) is 4.98 Å². The van der Waals surface area contributed by atoms with Crippen molar-refractivity contribution in [3.05, 3.63) is 53.6 Å². The summed E-state index contributed by atoms with van der Waals surface area (Å²) >= 11 is 1.21. The van der Waals surface area contributed by atoms with E-state index in [0.29, 0.717) is 39.5 Å². The first-order valence-electron chi connectivity index (χ1n) is 9.91. The lowest BCUT2D eigenvalue weighted by atomic mass is 10.0. The molecule has 1 aromatic rings. The van der Waals surface area contributed by atoms with Crippen LogP contribution in [0.1, 0.15) is 42.9 Å². The zero-order valence-corrected chi connectivity index (χ0v) is 18.5. The van der Waals surface area contributed by atoms with Gasteiger partial charge in [0.15, 0.2) is 0 Å². The maximum Gasteiger partial charge on any atom is 0.148 e. The van der Waals surface area contributed by atoms with Crippen molar-refractivity contribution in [1.82, 2.24) is 4.98 Å². The van der Waals surface area contributed by atoms with Crippen molar-refractivity contribution in [3.63, 3.8) is 0 Å². The predicted octanol–water partition coefficient (Wildman–Crippen LogP) is 3.91. The third-order valence-electron chi connectivity index (χ3n) is 4.72. The van der Waals surface area contributed by atoms with Gasteiger partial charge in [0.25, 0.3) is 0 Å². The molecule has 1 saturated heterocycles. The van der Waals surface area contributed by atoms with Gasteiger partial charge in [-0.05, 0) is 43.9 Å². The lowest BCUT2D eigenvalue weighted by Crippen LogP contribution is -2.31. The normalized spacial score (nSPS) is 14.4. The fourth-order valence-electron chi connectivity index (χ4n) is 3.31. The van der Waals surface area contributed by atoms with Crippen LogP contribution in [0.4, 0.5) is 5.82 Å². The second-order valence-electron chi connectivity index (χ2n) is 6.38. The number of nitrogens with zero attached hydrogens (tertiary/aromatic N) is 4. The van der Waals surface area contributed by atoms with Crippen LogP contribution in [0.25, 0.3) is 0 Å². The van der Waals surface area contributed by atoms with Crippen LogP contribution in [-0.2, 0) is 11.2 Å². The van der Waals surface area contributed by atoms with E-state index in [-0.39, 0.29) is 0 Å². The highest BCUT2D eigenvalue weighted by molar-refractivity contribution is 8.00. The third-order valence-corrected chi connectivity index (χ3v) is 5.87. The summed E-state index contributed by atoms with van der Waals surface area (Å²) in [4.78, 5) is 18.6. The van der Waals surface area contributed by atoms with E-state index in [0.717, 1.165) is 32.2 Å². The minimum atomic E-state index is -0.554. The number of pyridine rings is 1. The van der Waals surface area contributed by atoms with E-state index in [2.05, 4.69) is 35.9 Å². The first kappa shape index (κ1) is 25.2. The van der Waals surface area contributed by atoms with Crippen LogP contribution in [-0.4, -0.2) is 36.7 Å². The van der Waals surface area contributed by atoms with Crippen LogP contribution in [0.15, 0.2) is 42.0 Å². The lowest BCUT2D eigenvalue weighted by Gasteiger charge is -2.30.